The van der Waals surface area contributed by atoms with Gasteiger partial charge in [-0.05, 0) is 12.1 Å². The van der Waals surface area contributed by atoms with Gasteiger partial charge >= 0.3 is 17.9 Å². The smallest absolute Gasteiger partial charge is 0.331 e. The Labute approximate surface area is 132 Å². The van der Waals surface area contributed by atoms with E-state index in [1.807, 2.05) is 0 Å². The number of benzene rings is 1. The summed E-state index contributed by atoms with van der Waals surface area (Å²) in [4.78, 5) is 44.7. The molecular weight excluding hydrogens is 304 g/mol. The summed E-state index contributed by atoms with van der Waals surface area (Å²) in [5.74, 6) is -2.62. The third-order valence-electron chi connectivity index (χ3n) is 2.59. The van der Waals surface area contributed by atoms with Gasteiger partial charge in [-0.2, -0.15) is 0 Å². The Balaban J connectivity index is 2.40. The first-order valence-corrected chi connectivity index (χ1v) is 6.69. The molecule has 1 rings (SSSR count). The molecule has 0 heterocycles. The standard InChI is InChI=1S/C16H16O7/c1-21-14(18)7-8-15(19)22-11-12(10-17)9-16(20)23-13-5-3-2-4-6-13/h2-8,10,12H,9,11H2,1H3/b8-7-. The first-order chi connectivity index (χ1) is 11.0. The van der Waals surface area contributed by atoms with Crippen LogP contribution in [-0.2, 0) is 28.7 Å². The van der Waals surface area contributed by atoms with Gasteiger partial charge in [-0.25, -0.2) is 9.59 Å². The zero-order chi connectivity index (χ0) is 17.1. The lowest BCUT2D eigenvalue weighted by molar-refractivity contribution is -0.144. The van der Waals surface area contributed by atoms with Crippen LogP contribution in [0.5, 0.6) is 5.75 Å². The molecule has 1 aromatic rings. The van der Waals surface area contributed by atoms with Gasteiger partial charge in [-0.3, -0.25) is 4.79 Å². The highest BCUT2D eigenvalue weighted by Crippen LogP contribution is 2.11. The van der Waals surface area contributed by atoms with Crippen molar-refractivity contribution in [1.29, 1.82) is 0 Å². The van der Waals surface area contributed by atoms with Crippen LogP contribution >= 0.6 is 0 Å². The molecule has 0 aromatic heterocycles. The van der Waals surface area contributed by atoms with Crippen LogP contribution in [0.4, 0.5) is 0 Å². The van der Waals surface area contributed by atoms with Crippen LogP contribution in [0.15, 0.2) is 42.5 Å². The number of esters is 3. The van der Waals surface area contributed by atoms with Crippen LogP contribution < -0.4 is 4.74 Å². The molecule has 0 spiro atoms. The molecule has 0 fully saturated rings. The topological polar surface area (TPSA) is 96.0 Å². The number of carbonyl (C=O) groups excluding carboxylic acids is 4. The molecule has 122 valence electrons. The molecule has 1 atom stereocenters. The van der Waals surface area contributed by atoms with Crippen LogP contribution in [0.3, 0.4) is 0 Å². The lowest BCUT2D eigenvalue weighted by Gasteiger charge is -2.10. The molecule has 23 heavy (non-hydrogen) atoms. The predicted octanol–water partition coefficient (Wildman–Crippen LogP) is 1.07. The largest absolute Gasteiger partial charge is 0.466 e. The van der Waals surface area contributed by atoms with Gasteiger partial charge in [0.05, 0.1) is 19.4 Å². The van der Waals surface area contributed by atoms with E-state index in [1.165, 1.54) is 7.11 Å². The molecule has 0 saturated heterocycles. The summed E-state index contributed by atoms with van der Waals surface area (Å²) < 4.78 is 14.1. The van der Waals surface area contributed by atoms with Gasteiger partial charge in [0.1, 0.15) is 18.6 Å². The Kier molecular flexibility index (Phi) is 7.77. The second-order valence-corrected chi connectivity index (χ2v) is 4.37. The Morgan fingerprint density at radius 1 is 1.09 bits per heavy atom. The van der Waals surface area contributed by atoms with E-state index in [0.717, 1.165) is 12.2 Å². The average Bonchev–Trinajstić information content (AvgIpc) is 2.57. The van der Waals surface area contributed by atoms with Gasteiger partial charge in [0, 0.05) is 12.2 Å². The summed E-state index contributed by atoms with van der Waals surface area (Å²) >= 11 is 0. The lowest BCUT2D eigenvalue weighted by Crippen LogP contribution is -2.20. The van der Waals surface area contributed by atoms with Crippen molar-refractivity contribution in [1.82, 2.24) is 0 Å². The molecule has 7 nitrogen and oxygen atoms in total. The van der Waals surface area contributed by atoms with Gasteiger partial charge in [0.25, 0.3) is 0 Å². The summed E-state index contributed by atoms with van der Waals surface area (Å²) in [7, 11) is 1.17. The molecule has 1 unspecified atom stereocenters. The molecule has 0 N–H and O–H groups in total. The van der Waals surface area contributed by atoms with Crippen molar-refractivity contribution in [3.63, 3.8) is 0 Å². The quantitative estimate of drug-likeness (QED) is 0.306. The van der Waals surface area contributed by atoms with Crippen LogP contribution in [0.2, 0.25) is 0 Å². The number of rotatable bonds is 8. The fourth-order valence-corrected chi connectivity index (χ4v) is 1.46. The van der Waals surface area contributed by atoms with E-state index in [2.05, 4.69) is 4.74 Å². The number of aldehydes is 1. The van der Waals surface area contributed by atoms with Crippen LogP contribution in [0.25, 0.3) is 0 Å². The predicted molar refractivity (Wildman–Crippen MR) is 78.4 cm³/mol. The third-order valence-corrected chi connectivity index (χ3v) is 2.59. The van der Waals surface area contributed by atoms with Crippen molar-refractivity contribution in [3.8, 4) is 5.75 Å². The highest BCUT2D eigenvalue weighted by atomic mass is 16.5. The fraction of sp³-hybridized carbons (Fsp3) is 0.250. The Hall–Kier alpha value is -2.96. The normalized spacial score (nSPS) is 11.5. The minimum atomic E-state index is -0.832. The first-order valence-electron chi connectivity index (χ1n) is 6.69. The van der Waals surface area contributed by atoms with Gasteiger partial charge in [0.2, 0.25) is 0 Å². The van der Waals surface area contributed by atoms with Crippen LogP contribution in [0, 0.1) is 5.92 Å². The van der Waals surface area contributed by atoms with E-state index >= 15 is 0 Å². The van der Waals surface area contributed by atoms with E-state index in [1.54, 1.807) is 30.3 Å². The molecule has 0 saturated carbocycles. The van der Waals surface area contributed by atoms with Gasteiger partial charge in [0.15, 0.2) is 0 Å². The maximum atomic E-state index is 11.7. The monoisotopic (exact) mass is 320 g/mol. The Morgan fingerprint density at radius 2 is 1.74 bits per heavy atom. The third kappa shape index (κ3) is 7.56. The summed E-state index contributed by atoms with van der Waals surface area (Å²) in [5, 5.41) is 0. The lowest BCUT2D eigenvalue weighted by atomic mass is 10.1. The van der Waals surface area contributed by atoms with Crippen LogP contribution in [-0.4, -0.2) is 37.9 Å². The molecule has 0 radical (unpaired) electrons. The van der Waals surface area contributed by atoms with Gasteiger partial charge < -0.3 is 19.0 Å². The summed E-state index contributed by atoms with van der Waals surface area (Å²) in [6.07, 6.45) is 2.04. The Bertz CT molecular complexity index is 577. The summed E-state index contributed by atoms with van der Waals surface area (Å²) in [6.45, 7) is -0.294. The van der Waals surface area contributed by atoms with E-state index in [-0.39, 0.29) is 13.0 Å². The Morgan fingerprint density at radius 3 is 2.35 bits per heavy atom. The minimum Gasteiger partial charge on any atom is -0.466 e. The molecule has 1 aromatic carbocycles. The van der Waals surface area contributed by atoms with Gasteiger partial charge in [-0.1, -0.05) is 18.2 Å². The number of ether oxygens (including phenoxy) is 3. The highest BCUT2D eigenvalue weighted by Gasteiger charge is 2.16. The van der Waals surface area contributed by atoms with Crippen LogP contribution in [0.1, 0.15) is 6.42 Å². The van der Waals surface area contributed by atoms with Crippen molar-refractivity contribution in [2.45, 2.75) is 6.42 Å². The molecule has 0 aliphatic carbocycles. The van der Waals surface area contributed by atoms with Crippen molar-refractivity contribution in [2.24, 2.45) is 5.92 Å². The van der Waals surface area contributed by atoms with Gasteiger partial charge in [-0.15, -0.1) is 0 Å². The SMILES string of the molecule is COC(=O)/C=C\C(=O)OCC(C=O)CC(=O)Oc1ccccc1. The number of hydrogen-bond donors (Lipinski definition) is 0. The second-order valence-electron chi connectivity index (χ2n) is 4.37. The molecule has 0 amide bonds. The maximum absolute atomic E-state index is 11.7. The number of methoxy groups -OCH3 is 1. The van der Waals surface area contributed by atoms with Crippen molar-refractivity contribution in [2.75, 3.05) is 13.7 Å². The van der Waals surface area contributed by atoms with Crippen molar-refractivity contribution in [3.05, 3.63) is 42.5 Å². The summed E-state index contributed by atoms with van der Waals surface area (Å²) in [5.41, 5.74) is 0. The molecule has 0 bridgehead atoms. The van der Waals surface area contributed by atoms with Crippen molar-refractivity contribution >= 4 is 24.2 Å². The summed E-state index contributed by atoms with van der Waals surface area (Å²) in [6, 6.07) is 8.38. The molecule has 0 aliphatic heterocycles. The molecule has 7 heteroatoms. The zero-order valence-corrected chi connectivity index (χ0v) is 12.5. The molecule has 0 aliphatic rings. The van der Waals surface area contributed by atoms with E-state index in [0.29, 0.717) is 12.0 Å². The first kappa shape index (κ1) is 18.1. The number of hydrogen-bond acceptors (Lipinski definition) is 7. The average molecular weight is 320 g/mol. The van der Waals surface area contributed by atoms with E-state index < -0.39 is 23.8 Å². The number of carbonyl (C=O) groups is 4. The second kappa shape index (κ2) is 9.88. The minimum absolute atomic E-state index is 0.230. The molecular formula is C16H16O7. The number of para-hydroxylation sites is 1. The fourth-order valence-electron chi connectivity index (χ4n) is 1.46. The van der Waals surface area contributed by atoms with E-state index in [9.17, 15) is 19.2 Å². The van der Waals surface area contributed by atoms with E-state index in [4.69, 9.17) is 9.47 Å². The van der Waals surface area contributed by atoms with Crippen molar-refractivity contribution < 1.29 is 33.4 Å². The maximum Gasteiger partial charge on any atom is 0.331 e. The zero-order valence-electron chi connectivity index (χ0n) is 12.5. The highest BCUT2D eigenvalue weighted by molar-refractivity contribution is 5.91.